The van der Waals surface area contributed by atoms with Crippen LogP contribution in [0.15, 0.2) is 6.33 Å². The van der Waals surface area contributed by atoms with Gasteiger partial charge in [0, 0.05) is 26.1 Å². The number of aryl methyl sites for hydroxylation is 1. The normalized spacial score (nSPS) is 12.2. The molecule has 7 nitrogen and oxygen atoms in total. The number of nitrogens with zero attached hydrogens (tertiary/aromatic N) is 3. The second-order valence-electron chi connectivity index (χ2n) is 4.37. The summed E-state index contributed by atoms with van der Waals surface area (Å²) in [4.78, 5) is 11.5. The third kappa shape index (κ3) is 5.69. The van der Waals surface area contributed by atoms with E-state index >= 15 is 0 Å². The highest BCUT2D eigenvalue weighted by atomic mass is 16.3. The molecule has 0 bridgehead atoms. The highest BCUT2D eigenvalue weighted by Gasteiger charge is 2.06. The summed E-state index contributed by atoms with van der Waals surface area (Å²) in [5.74, 6) is 0.903. The summed E-state index contributed by atoms with van der Waals surface area (Å²) in [6.45, 7) is 5.43. The van der Waals surface area contributed by atoms with Gasteiger partial charge in [-0.25, -0.2) is 4.79 Å². The van der Waals surface area contributed by atoms with E-state index in [9.17, 15) is 9.90 Å². The summed E-state index contributed by atoms with van der Waals surface area (Å²) in [6.07, 6.45) is 3.60. The molecule has 0 aliphatic rings. The van der Waals surface area contributed by atoms with Crippen LogP contribution < -0.4 is 10.6 Å². The van der Waals surface area contributed by atoms with Crippen molar-refractivity contribution in [2.45, 2.75) is 45.8 Å². The predicted molar refractivity (Wildman–Crippen MR) is 71.7 cm³/mol. The number of nitrogens with one attached hydrogen (secondary N) is 2. The Labute approximate surface area is 113 Å². The summed E-state index contributed by atoms with van der Waals surface area (Å²) in [6, 6.07) is -0.263. The number of aliphatic hydroxyl groups excluding tert-OH is 1. The van der Waals surface area contributed by atoms with Gasteiger partial charge >= 0.3 is 6.03 Å². The summed E-state index contributed by atoms with van der Waals surface area (Å²) in [5, 5.41) is 22.6. The van der Waals surface area contributed by atoms with Crippen LogP contribution in [0.2, 0.25) is 0 Å². The first-order valence-electron chi connectivity index (χ1n) is 6.73. The summed E-state index contributed by atoms with van der Waals surface area (Å²) in [7, 11) is 0. The highest BCUT2D eigenvalue weighted by Crippen LogP contribution is 1.95. The molecule has 108 valence electrons. The van der Waals surface area contributed by atoms with Gasteiger partial charge < -0.3 is 20.3 Å². The van der Waals surface area contributed by atoms with Gasteiger partial charge in [0.1, 0.15) is 12.2 Å². The molecule has 0 saturated heterocycles. The molecule has 1 heterocycles. The van der Waals surface area contributed by atoms with Gasteiger partial charge in [-0.2, -0.15) is 0 Å². The summed E-state index contributed by atoms with van der Waals surface area (Å²) < 4.78 is 1.91. The molecule has 0 aliphatic heterocycles. The van der Waals surface area contributed by atoms with Crippen LogP contribution in [-0.4, -0.2) is 45.1 Å². The topological polar surface area (TPSA) is 92.1 Å². The molecule has 1 aromatic heterocycles. The Balaban J connectivity index is 2.17. The van der Waals surface area contributed by atoms with Gasteiger partial charge in [-0.3, -0.25) is 0 Å². The minimum atomic E-state index is -0.472. The van der Waals surface area contributed by atoms with Crippen molar-refractivity contribution in [2.75, 3.05) is 13.1 Å². The van der Waals surface area contributed by atoms with Crippen molar-refractivity contribution in [3.05, 3.63) is 12.2 Å². The van der Waals surface area contributed by atoms with Crippen LogP contribution in [0.1, 0.15) is 32.5 Å². The third-order valence-corrected chi connectivity index (χ3v) is 2.77. The molecule has 0 saturated carbocycles. The molecule has 1 aromatic rings. The van der Waals surface area contributed by atoms with Crippen molar-refractivity contribution < 1.29 is 9.90 Å². The maximum atomic E-state index is 11.5. The molecule has 0 aromatic carbocycles. The van der Waals surface area contributed by atoms with E-state index in [0.717, 1.165) is 18.7 Å². The Hall–Kier alpha value is -1.63. The minimum absolute atomic E-state index is 0.263. The molecule has 2 amide bonds. The highest BCUT2D eigenvalue weighted by molar-refractivity contribution is 5.73. The van der Waals surface area contributed by atoms with E-state index in [1.807, 2.05) is 18.4 Å². The number of carbonyl (C=O) groups excluding carboxylic acids is 1. The molecule has 0 spiro atoms. The maximum Gasteiger partial charge on any atom is 0.314 e. The van der Waals surface area contributed by atoms with E-state index in [1.165, 1.54) is 0 Å². The Bertz CT molecular complexity index is 380. The smallest absolute Gasteiger partial charge is 0.314 e. The van der Waals surface area contributed by atoms with Crippen molar-refractivity contribution in [1.29, 1.82) is 0 Å². The van der Waals surface area contributed by atoms with Crippen molar-refractivity contribution >= 4 is 6.03 Å². The average molecular weight is 269 g/mol. The summed E-state index contributed by atoms with van der Waals surface area (Å²) in [5.41, 5.74) is 0. The first kappa shape index (κ1) is 15.4. The van der Waals surface area contributed by atoms with Crippen LogP contribution in [-0.2, 0) is 13.0 Å². The molecule has 1 rings (SSSR count). The first-order valence-corrected chi connectivity index (χ1v) is 6.73. The number of rotatable bonds is 8. The molecule has 0 fully saturated rings. The monoisotopic (exact) mass is 269 g/mol. The van der Waals surface area contributed by atoms with Gasteiger partial charge in [-0.15, -0.1) is 10.2 Å². The van der Waals surface area contributed by atoms with E-state index in [4.69, 9.17) is 0 Å². The molecular formula is C12H23N5O2. The van der Waals surface area contributed by atoms with E-state index < -0.39 is 6.10 Å². The fourth-order valence-corrected chi connectivity index (χ4v) is 1.74. The van der Waals surface area contributed by atoms with Crippen LogP contribution >= 0.6 is 0 Å². The molecule has 0 aliphatic carbocycles. The fourth-order valence-electron chi connectivity index (χ4n) is 1.74. The lowest BCUT2D eigenvalue weighted by Crippen LogP contribution is -2.40. The van der Waals surface area contributed by atoms with Crippen molar-refractivity contribution in [3.8, 4) is 0 Å². The maximum absolute atomic E-state index is 11.5. The predicted octanol–water partition coefficient (Wildman–Crippen LogP) is 0.301. The van der Waals surface area contributed by atoms with Crippen LogP contribution in [0.3, 0.4) is 0 Å². The van der Waals surface area contributed by atoms with Crippen LogP contribution in [0.4, 0.5) is 4.79 Å². The largest absolute Gasteiger partial charge is 0.391 e. The average Bonchev–Trinajstić information content (AvgIpc) is 2.84. The number of hydrogen-bond donors (Lipinski definition) is 3. The molecule has 0 radical (unpaired) electrons. The van der Waals surface area contributed by atoms with Crippen molar-refractivity contribution in [2.24, 2.45) is 0 Å². The quantitative estimate of drug-likeness (QED) is 0.633. The lowest BCUT2D eigenvalue weighted by atomic mass is 10.2. The van der Waals surface area contributed by atoms with Crippen molar-refractivity contribution in [1.82, 2.24) is 25.4 Å². The lowest BCUT2D eigenvalue weighted by molar-refractivity contribution is 0.160. The lowest BCUT2D eigenvalue weighted by Gasteiger charge is -2.12. The van der Waals surface area contributed by atoms with Gasteiger partial charge in [0.15, 0.2) is 0 Å². The second-order valence-corrected chi connectivity index (χ2v) is 4.37. The van der Waals surface area contributed by atoms with E-state index in [2.05, 4.69) is 20.8 Å². The fraction of sp³-hybridized carbons (Fsp3) is 0.750. The second kappa shape index (κ2) is 8.47. The van der Waals surface area contributed by atoms with Gasteiger partial charge in [-0.05, 0) is 6.42 Å². The minimum Gasteiger partial charge on any atom is -0.391 e. The standard InChI is InChI=1S/C12H23N5O2/c1-3-5-10(18)8-14-12(19)13-6-7-17-9-15-16-11(17)4-2/h9-10,18H,3-8H2,1-2H3,(H2,13,14,19). The van der Waals surface area contributed by atoms with E-state index in [-0.39, 0.29) is 12.6 Å². The van der Waals surface area contributed by atoms with Crippen LogP contribution in [0.5, 0.6) is 0 Å². The Morgan fingerprint density at radius 2 is 2.26 bits per heavy atom. The summed E-state index contributed by atoms with van der Waals surface area (Å²) >= 11 is 0. The zero-order valence-corrected chi connectivity index (χ0v) is 11.6. The van der Waals surface area contributed by atoms with Gasteiger partial charge in [-0.1, -0.05) is 20.3 Å². The zero-order chi connectivity index (χ0) is 14.1. The van der Waals surface area contributed by atoms with E-state index in [1.54, 1.807) is 6.33 Å². The SMILES string of the molecule is CCCC(O)CNC(=O)NCCn1cnnc1CC. The Morgan fingerprint density at radius 3 is 2.95 bits per heavy atom. The van der Waals surface area contributed by atoms with Gasteiger partial charge in [0.05, 0.1) is 6.10 Å². The molecule has 7 heteroatoms. The molecule has 19 heavy (non-hydrogen) atoms. The van der Waals surface area contributed by atoms with Gasteiger partial charge in [0.2, 0.25) is 0 Å². The molecule has 1 atom stereocenters. The van der Waals surface area contributed by atoms with Gasteiger partial charge in [0.25, 0.3) is 0 Å². The van der Waals surface area contributed by atoms with Crippen LogP contribution in [0.25, 0.3) is 0 Å². The number of amides is 2. The number of urea groups is 1. The number of carbonyl (C=O) groups is 1. The number of hydrogen-bond acceptors (Lipinski definition) is 4. The molecule has 3 N–H and O–H groups in total. The molecular weight excluding hydrogens is 246 g/mol. The molecule has 1 unspecified atom stereocenters. The Kier molecular flexibility index (Phi) is 6.88. The zero-order valence-electron chi connectivity index (χ0n) is 11.6. The number of aliphatic hydroxyl groups is 1. The number of aromatic nitrogens is 3. The van der Waals surface area contributed by atoms with Crippen molar-refractivity contribution in [3.63, 3.8) is 0 Å². The Morgan fingerprint density at radius 1 is 1.47 bits per heavy atom. The van der Waals surface area contributed by atoms with E-state index in [0.29, 0.717) is 19.5 Å². The van der Waals surface area contributed by atoms with Crippen LogP contribution in [0, 0.1) is 0 Å². The third-order valence-electron chi connectivity index (χ3n) is 2.77. The first-order chi connectivity index (χ1) is 9.17.